The van der Waals surface area contributed by atoms with Crippen molar-refractivity contribution in [1.82, 2.24) is 4.90 Å². The Morgan fingerprint density at radius 1 is 1.16 bits per heavy atom. The van der Waals surface area contributed by atoms with E-state index in [-0.39, 0.29) is 11.5 Å². The number of rotatable bonds is 9. The molecule has 3 rings (SSSR count). The maximum Gasteiger partial charge on any atom is 0.310 e. The highest BCUT2D eigenvalue weighted by molar-refractivity contribution is 5.45. The Hall–Kier alpha value is -2.47. The summed E-state index contributed by atoms with van der Waals surface area (Å²) in [6, 6.07) is 13.6. The van der Waals surface area contributed by atoms with Crippen molar-refractivity contribution < 1.29 is 14.1 Å². The smallest absolute Gasteiger partial charge is 0.310 e. The first-order chi connectivity index (χ1) is 12.1. The summed E-state index contributed by atoms with van der Waals surface area (Å²) in [5.41, 5.74) is 0.963. The number of hydrogen-bond acceptors (Lipinski definition) is 4. The number of ether oxygens (including phenoxy) is 1. The second-order valence-corrected chi connectivity index (χ2v) is 6.22. The summed E-state index contributed by atoms with van der Waals surface area (Å²) in [6.07, 6.45) is 3.10. The molecular formula is C19H21FN2O3. The van der Waals surface area contributed by atoms with Crippen LogP contribution in [0.15, 0.2) is 48.5 Å². The number of nitro groups is 1. The molecule has 0 radical (unpaired) electrons. The lowest BCUT2D eigenvalue weighted by Gasteiger charge is -2.22. The van der Waals surface area contributed by atoms with Crippen LogP contribution < -0.4 is 4.74 Å². The Morgan fingerprint density at radius 3 is 2.68 bits per heavy atom. The molecule has 1 aliphatic rings. The third-order valence-corrected chi connectivity index (χ3v) is 4.34. The lowest BCUT2D eigenvalue weighted by atomic mass is 10.1. The molecule has 0 spiro atoms. The molecule has 0 unspecified atom stereocenters. The molecule has 2 aromatic carbocycles. The highest BCUT2D eigenvalue weighted by Crippen LogP contribution is 2.28. The summed E-state index contributed by atoms with van der Waals surface area (Å²) in [5.74, 6) is 0.0866. The minimum absolute atomic E-state index is 0.0137. The predicted molar refractivity (Wildman–Crippen MR) is 93.3 cm³/mol. The third-order valence-electron chi connectivity index (χ3n) is 4.34. The number of benzene rings is 2. The van der Waals surface area contributed by atoms with Gasteiger partial charge in [-0.1, -0.05) is 24.3 Å². The molecule has 1 fully saturated rings. The van der Waals surface area contributed by atoms with E-state index in [9.17, 15) is 14.5 Å². The van der Waals surface area contributed by atoms with Crippen molar-refractivity contribution in [1.29, 1.82) is 0 Å². The molecule has 5 nitrogen and oxygen atoms in total. The van der Waals surface area contributed by atoms with Crippen LogP contribution in [-0.2, 0) is 6.42 Å². The second kappa shape index (κ2) is 8.07. The van der Waals surface area contributed by atoms with Crippen LogP contribution in [0.25, 0.3) is 0 Å². The van der Waals surface area contributed by atoms with Crippen LogP contribution in [0.1, 0.15) is 18.4 Å². The van der Waals surface area contributed by atoms with Gasteiger partial charge in [0.1, 0.15) is 12.4 Å². The molecule has 0 N–H and O–H groups in total. The zero-order chi connectivity index (χ0) is 17.6. The van der Waals surface area contributed by atoms with E-state index >= 15 is 0 Å². The third kappa shape index (κ3) is 5.00. The highest BCUT2D eigenvalue weighted by atomic mass is 19.1. The zero-order valence-corrected chi connectivity index (χ0v) is 13.9. The summed E-state index contributed by atoms with van der Waals surface area (Å²) < 4.78 is 18.9. The van der Waals surface area contributed by atoms with E-state index in [1.54, 1.807) is 30.3 Å². The lowest BCUT2D eigenvalue weighted by molar-refractivity contribution is -0.385. The highest BCUT2D eigenvalue weighted by Gasteiger charge is 2.28. The van der Waals surface area contributed by atoms with E-state index in [1.807, 2.05) is 6.07 Å². The summed E-state index contributed by atoms with van der Waals surface area (Å²) in [4.78, 5) is 12.9. The molecule has 0 saturated heterocycles. The average Bonchev–Trinajstić information content (AvgIpc) is 3.43. The van der Waals surface area contributed by atoms with Crippen LogP contribution >= 0.6 is 0 Å². The molecule has 0 atom stereocenters. The van der Waals surface area contributed by atoms with Crippen molar-refractivity contribution in [3.8, 4) is 5.75 Å². The van der Waals surface area contributed by atoms with Crippen molar-refractivity contribution >= 4 is 5.69 Å². The summed E-state index contributed by atoms with van der Waals surface area (Å²) >= 11 is 0. The van der Waals surface area contributed by atoms with Gasteiger partial charge in [-0.05, 0) is 43.0 Å². The standard InChI is InChI=1S/C19H21FN2O3/c20-16-5-3-4-15(14-16)10-11-21(17-8-9-17)12-13-25-19-7-2-1-6-18(19)22(23)24/h1-7,14,17H,8-13H2. The molecule has 0 aliphatic heterocycles. The Balaban J connectivity index is 1.52. The molecule has 6 heteroatoms. The van der Waals surface area contributed by atoms with Gasteiger partial charge >= 0.3 is 5.69 Å². The Kier molecular flexibility index (Phi) is 5.60. The first kappa shape index (κ1) is 17.4. The maximum absolute atomic E-state index is 13.3. The summed E-state index contributed by atoms with van der Waals surface area (Å²) in [6.45, 7) is 1.92. The maximum atomic E-state index is 13.3. The molecule has 0 amide bonds. The van der Waals surface area contributed by atoms with Gasteiger partial charge in [-0.3, -0.25) is 15.0 Å². The molecule has 0 heterocycles. The van der Waals surface area contributed by atoms with Crippen LogP contribution in [0, 0.1) is 15.9 Å². The van der Waals surface area contributed by atoms with Crippen LogP contribution in [0.4, 0.5) is 10.1 Å². The SMILES string of the molecule is O=[N+]([O-])c1ccccc1OCCN(CCc1cccc(F)c1)C1CC1. The minimum Gasteiger partial charge on any atom is -0.485 e. The first-order valence-corrected chi connectivity index (χ1v) is 8.48. The fraction of sp³-hybridized carbons (Fsp3) is 0.368. The minimum atomic E-state index is -0.433. The first-order valence-electron chi connectivity index (χ1n) is 8.48. The summed E-state index contributed by atoms with van der Waals surface area (Å²) in [7, 11) is 0. The molecule has 25 heavy (non-hydrogen) atoms. The van der Waals surface area contributed by atoms with Crippen molar-refractivity contribution in [3.63, 3.8) is 0 Å². The van der Waals surface area contributed by atoms with Gasteiger partial charge in [0.25, 0.3) is 0 Å². The number of nitrogens with zero attached hydrogens (tertiary/aromatic N) is 2. The average molecular weight is 344 g/mol. The molecule has 1 saturated carbocycles. The van der Waals surface area contributed by atoms with Crippen LogP contribution in [0.5, 0.6) is 5.75 Å². The quantitative estimate of drug-likeness (QED) is 0.513. The van der Waals surface area contributed by atoms with Gasteiger partial charge in [-0.2, -0.15) is 0 Å². The zero-order valence-electron chi connectivity index (χ0n) is 13.9. The molecule has 132 valence electrons. The van der Waals surface area contributed by atoms with Crippen molar-refractivity contribution in [3.05, 3.63) is 70.0 Å². The number of halogens is 1. The van der Waals surface area contributed by atoms with Gasteiger partial charge in [0, 0.05) is 25.2 Å². The summed E-state index contributed by atoms with van der Waals surface area (Å²) in [5, 5.41) is 11.0. The monoisotopic (exact) mass is 344 g/mol. The Bertz CT molecular complexity index is 734. The van der Waals surface area contributed by atoms with Crippen LogP contribution in [0.3, 0.4) is 0 Å². The molecule has 1 aliphatic carbocycles. The molecule has 0 aromatic heterocycles. The van der Waals surface area contributed by atoms with Gasteiger partial charge in [0.2, 0.25) is 0 Å². The molecule has 2 aromatic rings. The Labute approximate surface area is 146 Å². The van der Waals surface area contributed by atoms with E-state index in [2.05, 4.69) is 4.90 Å². The van der Waals surface area contributed by atoms with Crippen molar-refractivity contribution in [2.75, 3.05) is 19.7 Å². The van der Waals surface area contributed by atoms with Crippen LogP contribution in [0.2, 0.25) is 0 Å². The molecule has 0 bridgehead atoms. The van der Waals surface area contributed by atoms with Gasteiger partial charge in [-0.25, -0.2) is 4.39 Å². The van der Waals surface area contributed by atoms with E-state index < -0.39 is 4.92 Å². The van der Waals surface area contributed by atoms with E-state index in [1.165, 1.54) is 12.1 Å². The largest absolute Gasteiger partial charge is 0.485 e. The van der Waals surface area contributed by atoms with Crippen molar-refractivity contribution in [2.45, 2.75) is 25.3 Å². The number of hydrogen-bond donors (Lipinski definition) is 0. The van der Waals surface area contributed by atoms with Gasteiger partial charge in [-0.15, -0.1) is 0 Å². The number of para-hydroxylation sites is 2. The normalized spacial score (nSPS) is 13.8. The van der Waals surface area contributed by atoms with Gasteiger partial charge in [0.15, 0.2) is 5.75 Å². The lowest BCUT2D eigenvalue weighted by Crippen LogP contribution is -2.32. The topological polar surface area (TPSA) is 55.6 Å². The van der Waals surface area contributed by atoms with E-state index in [4.69, 9.17) is 4.74 Å². The predicted octanol–water partition coefficient (Wildman–Crippen LogP) is 3.82. The van der Waals surface area contributed by atoms with Gasteiger partial charge < -0.3 is 4.74 Å². The fourth-order valence-electron chi connectivity index (χ4n) is 2.88. The van der Waals surface area contributed by atoms with Gasteiger partial charge in [0.05, 0.1) is 4.92 Å². The Morgan fingerprint density at radius 2 is 1.96 bits per heavy atom. The van der Waals surface area contributed by atoms with Crippen LogP contribution in [-0.4, -0.2) is 35.6 Å². The second-order valence-electron chi connectivity index (χ2n) is 6.22. The number of nitro benzene ring substituents is 1. The van der Waals surface area contributed by atoms with E-state index in [0.717, 1.165) is 31.4 Å². The van der Waals surface area contributed by atoms with E-state index in [0.29, 0.717) is 24.9 Å². The molecular weight excluding hydrogens is 323 g/mol. The fourth-order valence-corrected chi connectivity index (χ4v) is 2.88. The van der Waals surface area contributed by atoms with Crippen molar-refractivity contribution in [2.24, 2.45) is 0 Å².